The molecule has 1 aromatic heterocycles. The first-order valence-electron chi connectivity index (χ1n) is 4.87. The number of aromatic nitrogens is 1. The number of aryl methyl sites for hydroxylation is 1. The zero-order valence-corrected chi connectivity index (χ0v) is 9.95. The molecule has 17 heavy (non-hydrogen) atoms. The average Bonchev–Trinajstić information content (AvgIpc) is 2.14. The highest BCUT2D eigenvalue weighted by atomic mass is 32.1. The molecule has 0 saturated heterocycles. The van der Waals surface area contributed by atoms with Crippen LogP contribution in [0.4, 0.5) is 19.0 Å². The molecule has 0 aliphatic heterocycles. The van der Waals surface area contributed by atoms with Gasteiger partial charge in [-0.25, -0.2) is 4.98 Å². The summed E-state index contributed by atoms with van der Waals surface area (Å²) in [5, 5.41) is 2.59. The van der Waals surface area contributed by atoms with Crippen molar-refractivity contribution in [3.05, 3.63) is 23.4 Å². The second-order valence-corrected chi connectivity index (χ2v) is 3.98. The van der Waals surface area contributed by atoms with E-state index in [2.05, 4.69) is 10.3 Å². The molecule has 0 unspecified atom stereocenters. The topological polar surface area (TPSA) is 50.9 Å². The molecule has 0 amide bonds. The molecule has 7 heteroatoms. The number of nitrogens with one attached hydrogen (secondary N) is 1. The van der Waals surface area contributed by atoms with Crippen LogP contribution < -0.4 is 11.1 Å². The van der Waals surface area contributed by atoms with Crippen molar-refractivity contribution in [2.24, 2.45) is 5.73 Å². The Kier molecular flexibility index (Phi) is 4.28. The van der Waals surface area contributed by atoms with E-state index < -0.39 is 12.6 Å². The van der Waals surface area contributed by atoms with Crippen LogP contribution in [0.2, 0.25) is 0 Å². The summed E-state index contributed by atoms with van der Waals surface area (Å²) in [6.07, 6.45) is -5.09. The van der Waals surface area contributed by atoms with Gasteiger partial charge in [0.1, 0.15) is 10.8 Å². The number of anilines is 1. The number of nitrogens with two attached hydrogens (primary N) is 1. The number of hydrogen-bond acceptors (Lipinski definition) is 3. The first-order chi connectivity index (χ1) is 7.78. The zero-order chi connectivity index (χ0) is 13.1. The van der Waals surface area contributed by atoms with Crippen molar-refractivity contribution in [1.82, 2.24) is 4.98 Å². The number of pyridine rings is 1. The van der Waals surface area contributed by atoms with E-state index in [4.69, 9.17) is 18.0 Å². The van der Waals surface area contributed by atoms with Crippen molar-refractivity contribution in [3.8, 4) is 0 Å². The van der Waals surface area contributed by atoms with Crippen molar-refractivity contribution in [2.45, 2.75) is 19.5 Å². The summed E-state index contributed by atoms with van der Waals surface area (Å²) in [4.78, 5) is 4.23. The summed E-state index contributed by atoms with van der Waals surface area (Å²) >= 11 is 4.80. The van der Waals surface area contributed by atoms with E-state index in [1.54, 1.807) is 13.0 Å². The number of nitrogens with zero attached hydrogens (tertiary/aromatic N) is 1. The molecule has 0 aliphatic carbocycles. The van der Waals surface area contributed by atoms with Gasteiger partial charge in [-0.05, 0) is 19.1 Å². The first kappa shape index (κ1) is 13.7. The summed E-state index contributed by atoms with van der Waals surface area (Å²) in [5.41, 5.74) is 6.67. The van der Waals surface area contributed by atoms with Crippen LogP contribution in [0, 0.1) is 6.92 Å². The fraction of sp³-hybridized carbons (Fsp3) is 0.400. The van der Waals surface area contributed by atoms with Gasteiger partial charge in [0.25, 0.3) is 0 Å². The van der Waals surface area contributed by atoms with E-state index in [9.17, 15) is 13.2 Å². The largest absolute Gasteiger partial charge is 0.390 e. The van der Waals surface area contributed by atoms with Crippen molar-refractivity contribution in [2.75, 3.05) is 11.9 Å². The van der Waals surface area contributed by atoms with E-state index in [0.29, 0.717) is 17.1 Å². The third-order valence-corrected chi connectivity index (χ3v) is 2.19. The van der Waals surface area contributed by atoms with Crippen LogP contribution in [0.5, 0.6) is 0 Å². The van der Waals surface area contributed by atoms with Gasteiger partial charge in [0.2, 0.25) is 0 Å². The van der Waals surface area contributed by atoms with Gasteiger partial charge in [-0.1, -0.05) is 12.2 Å². The van der Waals surface area contributed by atoms with Gasteiger partial charge >= 0.3 is 6.18 Å². The quantitative estimate of drug-likeness (QED) is 0.819. The van der Waals surface area contributed by atoms with Gasteiger partial charge in [-0.2, -0.15) is 13.2 Å². The maximum absolute atomic E-state index is 11.9. The number of halogens is 3. The molecule has 0 spiro atoms. The summed E-state index contributed by atoms with van der Waals surface area (Å²) < 4.78 is 35.8. The van der Waals surface area contributed by atoms with E-state index in [1.807, 2.05) is 0 Å². The van der Waals surface area contributed by atoms with Crippen LogP contribution >= 0.6 is 12.2 Å². The third-order valence-electron chi connectivity index (χ3n) is 1.95. The molecule has 1 heterocycles. The molecule has 0 aliphatic rings. The maximum Gasteiger partial charge on any atom is 0.390 e. The second kappa shape index (κ2) is 5.31. The minimum absolute atomic E-state index is 0.189. The molecule has 0 saturated carbocycles. The summed E-state index contributed by atoms with van der Waals surface area (Å²) in [7, 11) is 0. The SMILES string of the molecule is Cc1cc(C(N)=S)cc(NCCC(F)(F)F)n1. The average molecular weight is 263 g/mol. The highest BCUT2D eigenvalue weighted by Gasteiger charge is 2.26. The Balaban J connectivity index is 2.68. The van der Waals surface area contributed by atoms with Crippen LogP contribution in [0.25, 0.3) is 0 Å². The number of rotatable bonds is 4. The molecule has 0 aromatic carbocycles. The number of thiocarbonyl (C=S) groups is 1. The van der Waals surface area contributed by atoms with E-state index in [1.165, 1.54) is 6.07 Å². The number of alkyl halides is 3. The van der Waals surface area contributed by atoms with Crippen LogP contribution in [0.3, 0.4) is 0 Å². The van der Waals surface area contributed by atoms with E-state index in [0.717, 1.165) is 0 Å². The zero-order valence-electron chi connectivity index (χ0n) is 9.14. The first-order valence-corrected chi connectivity index (χ1v) is 5.28. The summed E-state index contributed by atoms with van der Waals surface area (Å²) in [5.74, 6) is 0.344. The smallest absolute Gasteiger partial charge is 0.389 e. The van der Waals surface area contributed by atoms with Gasteiger partial charge in [0.15, 0.2) is 0 Å². The standard InChI is InChI=1S/C10H12F3N3S/c1-6-4-7(9(14)17)5-8(16-6)15-3-2-10(11,12)13/h4-5H,2-3H2,1H3,(H2,14,17)(H,15,16). The molecule has 0 fully saturated rings. The fourth-order valence-corrected chi connectivity index (χ4v) is 1.35. The van der Waals surface area contributed by atoms with Gasteiger partial charge < -0.3 is 11.1 Å². The Morgan fingerprint density at radius 2 is 2.12 bits per heavy atom. The molecule has 1 aromatic rings. The van der Waals surface area contributed by atoms with E-state index in [-0.39, 0.29) is 11.5 Å². The van der Waals surface area contributed by atoms with Gasteiger partial charge in [0, 0.05) is 17.8 Å². The normalized spacial score (nSPS) is 11.3. The van der Waals surface area contributed by atoms with Crippen LogP contribution in [0.1, 0.15) is 17.7 Å². The Morgan fingerprint density at radius 1 is 1.47 bits per heavy atom. The Hall–Kier alpha value is -1.37. The molecule has 3 nitrogen and oxygen atoms in total. The molecule has 3 N–H and O–H groups in total. The van der Waals surface area contributed by atoms with Crippen molar-refractivity contribution in [1.29, 1.82) is 0 Å². The lowest BCUT2D eigenvalue weighted by molar-refractivity contribution is -0.131. The lowest BCUT2D eigenvalue weighted by atomic mass is 10.2. The predicted octanol–water partition coefficient (Wildman–Crippen LogP) is 2.39. The maximum atomic E-state index is 11.9. The Morgan fingerprint density at radius 3 is 2.65 bits per heavy atom. The summed E-state index contributed by atoms with van der Waals surface area (Å²) in [6, 6.07) is 3.21. The predicted molar refractivity (Wildman–Crippen MR) is 64.0 cm³/mol. The number of hydrogen-bond donors (Lipinski definition) is 2. The monoisotopic (exact) mass is 263 g/mol. The molecule has 0 radical (unpaired) electrons. The molecule has 0 atom stereocenters. The minimum atomic E-state index is -4.18. The minimum Gasteiger partial charge on any atom is -0.389 e. The molecule has 94 valence electrons. The molecule has 0 bridgehead atoms. The van der Waals surface area contributed by atoms with E-state index >= 15 is 0 Å². The fourth-order valence-electron chi connectivity index (χ4n) is 1.23. The van der Waals surface area contributed by atoms with Crippen molar-refractivity contribution in [3.63, 3.8) is 0 Å². The second-order valence-electron chi connectivity index (χ2n) is 3.54. The molecular weight excluding hydrogens is 251 g/mol. The molecular formula is C10H12F3N3S. The lowest BCUT2D eigenvalue weighted by Crippen LogP contribution is -2.16. The van der Waals surface area contributed by atoms with Crippen LogP contribution in [0.15, 0.2) is 12.1 Å². The lowest BCUT2D eigenvalue weighted by Gasteiger charge is -2.10. The van der Waals surface area contributed by atoms with Crippen LogP contribution in [-0.2, 0) is 0 Å². The highest BCUT2D eigenvalue weighted by Crippen LogP contribution is 2.19. The molecule has 1 rings (SSSR count). The van der Waals surface area contributed by atoms with Gasteiger partial charge in [-0.15, -0.1) is 0 Å². The van der Waals surface area contributed by atoms with Crippen LogP contribution in [-0.4, -0.2) is 22.7 Å². The Bertz CT molecular complexity index is 418. The van der Waals surface area contributed by atoms with Gasteiger partial charge in [-0.3, -0.25) is 0 Å². The van der Waals surface area contributed by atoms with Crippen molar-refractivity contribution >= 4 is 23.0 Å². The highest BCUT2D eigenvalue weighted by molar-refractivity contribution is 7.80. The summed E-state index contributed by atoms with van der Waals surface area (Å²) in [6.45, 7) is 1.49. The van der Waals surface area contributed by atoms with Gasteiger partial charge in [0.05, 0.1) is 6.42 Å². The Labute approximate surface area is 102 Å². The van der Waals surface area contributed by atoms with Crippen molar-refractivity contribution < 1.29 is 13.2 Å². The third kappa shape index (κ3) is 4.99.